The van der Waals surface area contributed by atoms with Gasteiger partial charge in [-0.05, 0) is 22.9 Å². The molecule has 1 rings (SSSR count). The fourth-order valence-corrected chi connectivity index (χ4v) is 4.64. The summed E-state index contributed by atoms with van der Waals surface area (Å²) in [6.45, 7) is 14.5. The third kappa shape index (κ3) is 4.13. The Morgan fingerprint density at radius 3 is 1.88 bits per heavy atom. The summed E-state index contributed by atoms with van der Waals surface area (Å²) < 4.78 is 0. The molecule has 0 spiro atoms. The standard InChI is InChI=1S/C15H26Si/c1-15(2,3)12-14(16(4,5)6)13-10-8-7-9-11-13/h7-11,14H,12H2,1-6H3. The summed E-state index contributed by atoms with van der Waals surface area (Å²) in [5.74, 6) is 0. The van der Waals surface area contributed by atoms with Crippen LogP contribution in [0, 0.1) is 5.41 Å². The molecule has 0 amide bonds. The molecule has 0 aliphatic heterocycles. The lowest BCUT2D eigenvalue weighted by molar-refractivity contribution is 0.368. The first-order chi connectivity index (χ1) is 7.20. The monoisotopic (exact) mass is 234 g/mol. The van der Waals surface area contributed by atoms with Crippen LogP contribution in [0.5, 0.6) is 0 Å². The van der Waals surface area contributed by atoms with E-state index in [1.54, 1.807) is 0 Å². The van der Waals surface area contributed by atoms with Gasteiger partial charge in [-0.15, -0.1) is 0 Å². The van der Waals surface area contributed by atoms with E-state index < -0.39 is 8.07 Å². The van der Waals surface area contributed by atoms with E-state index in [2.05, 4.69) is 70.7 Å². The third-order valence-electron chi connectivity index (χ3n) is 3.06. The lowest BCUT2D eigenvalue weighted by Crippen LogP contribution is -2.33. The van der Waals surface area contributed by atoms with E-state index in [0.29, 0.717) is 5.41 Å². The number of hydrogen-bond donors (Lipinski definition) is 0. The second-order valence-electron chi connectivity index (χ2n) is 7.09. The Labute approximate surface area is 102 Å². The summed E-state index contributed by atoms with van der Waals surface area (Å²) in [5, 5.41) is 0. The van der Waals surface area contributed by atoms with E-state index in [1.807, 2.05) is 0 Å². The van der Waals surface area contributed by atoms with E-state index in [4.69, 9.17) is 0 Å². The third-order valence-corrected chi connectivity index (χ3v) is 5.69. The first-order valence-corrected chi connectivity index (χ1v) is 9.83. The van der Waals surface area contributed by atoms with Crippen LogP contribution >= 0.6 is 0 Å². The zero-order valence-corrected chi connectivity index (χ0v) is 12.7. The Hall–Kier alpha value is -0.563. The predicted molar refractivity (Wildman–Crippen MR) is 76.6 cm³/mol. The first-order valence-electron chi connectivity index (χ1n) is 6.25. The van der Waals surface area contributed by atoms with E-state index in [9.17, 15) is 0 Å². The van der Waals surface area contributed by atoms with Crippen LogP contribution in [0.3, 0.4) is 0 Å². The van der Waals surface area contributed by atoms with Crippen molar-refractivity contribution >= 4 is 8.07 Å². The zero-order chi connectivity index (χ0) is 12.4. The highest BCUT2D eigenvalue weighted by Gasteiger charge is 2.31. The van der Waals surface area contributed by atoms with E-state index in [0.717, 1.165) is 5.54 Å². The highest BCUT2D eigenvalue weighted by Crippen LogP contribution is 2.37. The maximum Gasteiger partial charge on any atom is 0.0521 e. The molecule has 0 aliphatic carbocycles. The highest BCUT2D eigenvalue weighted by atomic mass is 28.3. The van der Waals surface area contributed by atoms with Gasteiger partial charge in [0.25, 0.3) is 0 Å². The normalized spacial score (nSPS) is 14.9. The average molecular weight is 234 g/mol. The average Bonchev–Trinajstić information content (AvgIpc) is 2.13. The number of rotatable bonds is 3. The van der Waals surface area contributed by atoms with Crippen molar-refractivity contribution in [1.29, 1.82) is 0 Å². The summed E-state index contributed by atoms with van der Waals surface area (Å²) in [6.07, 6.45) is 1.30. The molecular formula is C15H26Si. The molecule has 0 aliphatic rings. The van der Waals surface area contributed by atoms with E-state index >= 15 is 0 Å². The summed E-state index contributed by atoms with van der Waals surface area (Å²) in [6, 6.07) is 11.1. The minimum atomic E-state index is -1.14. The van der Waals surface area contributed by atoms with Crippen molar-refractivity contribution in [2.45, 2.75) is 52.4 Å². The number of hydrogen-bond acceptors (Lipinski definition) is 0. The van der Waals surface area contributed by atoms with Crippen LogP contribution in [0.2, 0.25) is 19.6 Å². The quantitative estimate of drug-likeness (QED) is 0.640. The fraction of sp³-hybridized carbons (Fsp3) is 0.600. The molecule has 0 radical (unpaired) electrons. The Balaban J connectivity index is 2.98. The molecule has 90 valence electrons. The number of benzene rings is 1. The molecule has 0 N–H and O–H groups in total. The Morgan fingerprint density at radius 2 is 1.50 bits per heavy atom. The molecule has 0 saturated carbocycles. The predicted octanol–water partition coefficient (Wildman–Crippen LogP) is 5.08. The first kappa shape index (κ1) is 13.5. The molecule has 1 aromatic carbocycles. The summed E-state index contributed by atoms with van der Waals surface area (Å²) in [5.41, 5.74) is 2.73. The SMILES string of the molecule is CC(C)(C)CC(c1ccccc1)[Si](C)(C)C. The summed E-state index contributed by atoms with van der Waals surface area (Å²) >= 11 is 0. The van der Waals surface area contributed by atoms with Crippen molar-refractivity contribution in [3.05, 3.63) is 35.9 Å². The van der Waals surface area contributed by atoms with E-state index in [1.165, 1.54) is 12.0 Å². The van der Waals surface area contributed by atoms with Gasteiger partial charge in [0.05, 0.1) is 8.07 Å². The largest absolute Gasteiger partial charge is 0.0691 e. The van der Waals surface area contributed by atoms with Gasteiger partial charge in [-0.1, -0.05) is 70.7 Å². The van der Waals surface area contributed by atoms with Crippen molar-refractivity contribution in [2.24, 2.45) is 5.41 Å². The molecule has 1 unspecified atom stereocenters. The van der Waals surface area contributed by atoms with Gasteiger partial charge in [0, 0.05) is 0 Å². The van der Waals surface area contributed by atoms with Gasteiger partial charge in [-0.2, -0.15) is 0 Å². The Bertz CT molecular complexity index is 314. The van der Waals surface area contributed by atoms with Gasteiger partial charge in [0.2, 0.25) is 0 Å². The summed E-state index contributed by atoms with van der Waals surface area (Å²) in [7, 11) is -1.14. The lowest BCUT2D eigenvalue weighted by atomic mass is 9.88. The molecule has 1 aromatic rings. The van der Waals surface area contributed by atoms with Crippen LogP contribution in [0.15, 0.2) is 30.3 Å². The van der Waals surface area contributed by atoms with Crippen LogP contribution in [0.1, 0.15) is 38.3 Å². The Kier molecular flexibility index (Phi) is 4.00. The minimum Gasteiger partial charge on any atom is -0.0691 e. The van der Waals surface area contributed by atoms with Crippen LogP contribution in [-0.4, -0.2) is 8.07 Å². The van der Waals surface area contributed by atoms with Crippen molar-refractivity contribution in [1.82, 2.24) is 0 Å². The second-order valence-corrected chi connectivity index (χ2v) is 12.5. The van der Waals surface area contributed by atoms with Gasteiger partial charge in [0.15, 0.2) is 0 Å². The molecule has 0 nitrogen and oxygen atoms in total. The van der Waals surface area contributed by atoms with Crippen LogP contribution in [0.25, 0.3) is 0 Å². The van der Waals surface area contributed by atoms with E-state index in [-0.39, 0.29) is 0 Å². The minimum absolute atomic E-state index is 0.417. The highest BCUT2D eigenvalue weighted by molar-refractivity contribution is 6.77. The molecule has 0 bridgehead atoms. The molecule has 16 heavy (non-hydrogen) atoms. The van der Waals surface area contributed by atoms with Gasteiger partial charge in [-0.25, -0.2) is 0 Å². The molecular weight excluding hydrogens is 208 g/mol. The molecule has 0 fully saturated rings. The lowest BCUT2D eigenvalue weighted by Gasteiger charge is -2.34. The Morgan fingerprint density at radius 1 is 1.00 bits per heavy atom. The maximum absolute atomic E-state index is 2.48. The van der Waals surface area contributed by atoms with Crippen molar-refractivity contribution in [3.8, 4) is 0 Å². The smallest absolute Gasteiger partial charge is 0.0521 e. The molecule has 0 aromatic heterocycles. The molecule has 1 atom stereocenters. The van der Waals surface area contributed by atoms with Gasteiger partial charge in [0.1, 0.15) is 0 Å². The van der Waals surface area contributed by atoms with Gasteiger partial charge >= 0.3 is 0 Å². The van der Waals surface area contributed by atoms with Crippen LogP contribution < -0.4 is 0 Å². The van der Waals surface area contributed by atoms with Crippen LogP contribution in [-0.2, 0) is 0 Å². The maximum atomic E-state index is 2.48. The fourth-order valence-electron chi connectivity index (χ4n) is 2.22. The summed E-state index contributed by atoms with van der Waals surface area (Å²) in [4.78, 5) is 0. The second kappa shape index (κ2) is 4.75. The van der Waals surface area contributed by atoms with Gasteiger partial charge in [-0.3, -0.25) is 0 Å². The molecule has 0 heterocycles. The van der Waals surface area contributed by atoms with Gasteiger partial charge < -0.3 is 0 Å². The molecule has 0 saturated heterocycles. The zero-order valence-electron chi connectivity index (χ0n) is 11.7. The van der Waals surface area contributed by atoms with Crippen molar-refractivity contribution in [2.75, 3.05) is 0 Å². The van der Waals surface area contributed by atoms with Crippen LogP contribution in [0.4, 0.5) is 0 Å². The van der Waals surface area contributed by atoms with Crippen molar-refractivity contribution in [3.63, 3.8) is 0 Å². The topological polar surface area (TPSA) is 0 Å². The molecule has 1 heteroatoms. The van der Waals surface area contributed by atoms with Crippen molar-refractivity contribution < 1.29 is 0 Å².